The van der Waals surface area contributed by atoms with Gasteiger partial charge in [-0.3, -0.25) is 4.79 Å². The summed E-state index contributed by atoms with van der Waals surface area (Å²) in [6.07, 6.45) is -2.94. The van der Waals surface area contributed by atoms with Crippen LogP contribution in [0.4, 0.5) is 18.3 Å². The second kappa shape index (κ2) is 7.12. The molecule has 2 heterocycles. The first-order valence-corrected chi connectivity index (χ1v) is 9.28. The Morgan fingerprint density at radius 3 is 2.33 bits per heavy atom. The van der Waals surface area contributed by atoms with Crippen molar-refractivity contribution in [2.75, 3.05) is 31.1 Å². The molecule has 5 nitrogen and oxygen atoms in total. The first-order chi connectivity index (χ1) is 12.6. The van der Waals surface area contributed by atoms with E-state index < -0.39 is 23.2 Å². The Bertz CT molecular complexity index is 822. The van der Waals surface area contributed by atoms with Crippen molar-refractivity contribution in [1.82, 2.24) is 9.88 Å². The number of aliphatic hydroxyl groups is 1. The number of alkyl halides is 3. The molecule has 146 valence electrons. The predicted octanol–water partition coefficient (Wildman–Crippen LogP) is 3.35. The van der Waals surface area contributed by atoms with E-state index in [1.807, 2.05) is 4.90 Å². The highest BCUT2D eigenvalue weighted by molar-refractivity contribution is 7.15. The van der Waals surface area contributed by atoms with Crippen LogP contribution in [-0.4, -0.2) is 47.1 Å². The van der Waals surface area contributed by atoms with Crippen molar-refractivity contribution in [3.63, 3.8) is 0 Å². The third kappa shape index (κ3) is 4.24. The minimum absolute atomic E-state index is 0.308. The molecule has 1 aliphatic heterocycles. The summed E-state index contributed by atoms with van der Waals surface area (Å²) in [5.74, 6) is -0.612. The molecule has 0 saturated carbocycles. The van der Waals surface area contributed by atoms with E-state index in [9.17, 15) is 23.1 Å². The zero-order valence-electron chi connectivity index (χ0n) is 15.0. The molecule has 2 aromatic rings. The van der Waals surface area contributed by atoms with Gasteiger partial charge in [-0.15, -0.1) is 0 Å². The maximum atomic E-state index is 13.2. The molecule has 0 unspecified atom stereocenters. The van der Waals surface area contributed by atoms with Crippen LogP contribution in [0, 0.1) is 0 Å². The Kier molecular flexibility index (Phi) is 5.18. The Hall–Kier alpha value is -2.13. The highest BCUT2D eigenvalue weighted by atomic mass is 32.1. The van der Waals surface area contributed by atoms with E-state index in [0.717, 1.165) is 16.1 Å². The second-order valence-corrected chi connectivity index (χ2v) is 7.90. The molecule has 1 aromatic carbocycles. The van der Waals surface area contributed by atoms with E-state index in [2.05, 4.69) is 4.98 Å². The summed E-state index contributed by atoms with van der Waals surface area (Å²) < 4.78 is 39.5. The summed E-state index contributed by atoms with van der Waals surface area (Å²) in [6, 6.07) is 4.86. The van der Waals surface area contributed by atoms with Crippen LogP contribution >= 0.6 is 11.3 Å². The lowest BCUT2D eigenvalue weighted by Crippen LogP contribution is -2.49. The molecule has 1 N–H and O–H groups in total. The van der Waals surface area contributed by atoms with Crippen LogP contribution in [0.3, 0.4) is 0 Å². The molecule has 0 bridgehead atoms. The summed E-state index contributed by atoms with van der Waals surface area (Å²) in [6.45, 7) is 4.92. The van der Waals surface area contributed by atoms with Crippen LogP contribution in [0.25, 0.3) is 0 Å². The molecular formula is C18H20F3N3O2S. The van der Waals surface area contributed by atoms with Crippen molar-refractivity contribution in [3.8, 4) is 0 Å². The van der Waals surface area contributed by atoms with Gasteiger partial charge in [0, 0.05) is 32.4 Å². The minimum atomic E-state index is -4.57. The summed E-state index contributed by atoms with van der Waals surface area (Å²) in [5.41, 5.74) is -2.21. The Morgan fingerprint density at radius 2 is 1.78 bits per heavy atom. The summed E-state index contributed by atoms with van der Waals surface area (Å²) >= 11 is 1.37. The number of amides is 1. The first kappa shape index (κ1) is 19.6. The maximum absolute atomic E-state index is 13.2. The predicted molar refractivity (Wildman–Crippen MR) is 96.9 cm³/mol. The fourth-order valence-corrected chi connectivity index (χ4v) is 3.85. The molecule has 0 atom stereocenters. The molecule has 1 saturated heterocycles. The standard InChI is InChI=1S/C18H20F3N3O2S/c1-17(2,26)14-11-22-16(27-14)24-9-7-23(8-10-24)15(25)12-5-3-4-6-13(12)18(19,20)21/h3-6,11,26H,7-10H2,1-2H3. The number of rotatable bonds is 3. The second-order valence-electron chi connectivity index (χ2n) is 6.89. The number of carbonyl (C=O) groups excluding carboxylic acids is 1. The number of halogens is 3. The van der Waals surface area contributed by atoms with Gasteiger partial charge in [-0.2, -0.15) is 13.2 Å². The van der Waals surface area contributed by atoms with Crippen LogP contribution in [0.5, 0.6) is 0 Å². The lowest BCUT2D eigenvalue weighted by Gasteiger charge is -2.35. The van der Waals surface area contributed by atoms with Crippen LogP contribution in [0.2, 0.25) is 0 Å². The Balaban J connectivity index is 1.70. The van der Waals surface area contributed by atoms with Gasteiger partial charge in [-0.25, -0.2) is 4.98 Å². The van der Waals surface area contributed by atoms with Gasteiger partial charge in [0.05, 0.1) is 21.6 Å². The third-order valence-corrected chi connectivity index (χ3v) is 5.77. The smallest absolute Gasteiger partial charge is 0.385 e. The number of thiazole rings is 1. The molecule has 3 rings (SSSR count). The number of nitrogens with zero attached hydrogens (tertiary/aromatic N) is 3. The van der Waals surface area contributed by atoms with E-state index in [4.69, 9.17) is 0 Å². The van der Waals surface area contributed by atoms with Gasteiger partial charge in [0.1, 0.15) is 0 Å². The average molecular weight is 399 g/mol. The fourth-order valence-electron chi connectivity index (χ4n) is 2.88. The lowest BCUT2D eigenvalue weighted by atomic mass is 10.1. The number of benzene rings is 1. The average Bonchev–Trinajstić information content (AvgIpc) is 3.11. The molecule has 0 spiro atoms. The number of hydrogen-bond donors (Lipinski definition) is 1. The number of anilines is 1. The molecule has 0 radical (unpaired) electrons. The fraction of sp³-hybridized carbons (Fsp3) is 0.444. The van der Waals surface area contributed by atoms with Gasteiger partial charge in [-0.1, -0.05) is 23.5 Å². The van der Waals surface area contributed by atoms with E-state index in [1.54, 1.807) is 20.0 Å². The highest BCUT2D eigenvalue weighted by Crippen LogP contribution is 2.33. The van der Waals surface area contributed by atoms with Crippen LogP contribution in [0.1, 0.15) is 34.6 Å². The largest absolute Gasteiger partial charge is 0.417 e. The van der Waals surface area contributed by atoms with Crippen molar-refractivity contribution in [2.45, 2.75) is 25.6 Å². The van der Waals surface area contributed by atoms with Crippen LogP contribution < -0.4 is 4.90 Å². The zero-order chi connectivity index (χ0) is 19.8. The van der Waals surface area contributed by atoms with Crippen molar-refractivity contribution in [2.24, 2.45) is 0 Å². The van der Waals surface area contributed by atoms with Gasteiger partial charge >= 0.3 is 6.18 Å². The zero-order valence-corrected chi connectivity index (χ0v) is 15.8. The van der Waals surface area contributed by atoms with E-state index in [-0.39, 0.29) is 5.56 Å². The SMILES string of the molecule is CC(C)(O)c1cnc(N2CCN(C(=O)c3ccccc3C(F)(F)F)CC2)s1. The van der Waals surface area contributed by atoms with Crippen LogP contribution in [-0.2, 0) is 11.8 Å². The van der Waals surface area contributed by atoms with Gasteiger partial charge in [-0.05, 0) is 26.0 Å². The quantitative estimate of drug-likeness (QED) is 0.860. The Labute approximate surface area is 159 Å². The molecule has 27 heavy (non-hydrogen) atoms. The molecule has 1 amide bonds. The van der Waals surface area contributed by atoms with Gasteiger partial charge < -0.3 is 14.9 Å². The topological polar surface area (TPSA) is 56.7 Å². The normalized spacial score (nSPS) is 15.9. The monoisotopic (exact) mass is 399 g/mol. The van der Waals surface area contributed by atoms with Crippen molar-refractivity contribution in [1.29, 1.82) is 0 Å². The summed E-state index contributed by atoms with van der Waals surface area (Å²) in [4.78, 5) is 21.1. The number of hydrogen-bond acceptors (Lipinski definition) is 5. The third-order valence-electron chi connectivity index (χ3n) is 4.40. The molecule has 1 aromatic heterocycles. The first-order valence-electron chi connectivity index (χ1n) is 8.46. The van der Waals surface area contributed by atoms with Crippen LogP contribution in [0.15, 0.2) is 30.5 Å². The molecule has 0 aliphatic carbocycles. The minimum Gasteiger partial charge on any atom is -0.385 e. The molecular weight excluding hydrogens is 379 g/mol. The highest BCUT2D eigenvalue weighted by Gasteiger charge is 2.36. The van der Waals surface area contributed by atoms with Gasteiger partial charge in [0.25, 0.3) is 5.91 Å². The number of aromatic nitrogens is 1. The van der Waals surface area contributed by atoms with E-state index in [1.165, 1.54) is 34.4 Å². The molecule has 1 fully saturated rings. The van der Waals surface area contributed by atoms with Crippen molar-refractivity contribution >= 4 is 22.4 Å². The van der Waals surface area contributed by atoms with Crippen molar-refractivity contribution in [3.05, 3.63) is 46.5 Å². The van der Waals surface area contributed by atoms with E-state index >= 15 is 0 Å². The Morgan fingerprint density at radius 1 is 1.15 bits per heavy atom. The number of piperazine rings is 1. The molecule has 9 heteroatoms. The number of carbonyl (C=O) groups is 1. The summed E-state index contributed by atoms with van der Waals surface area (Å²) in [5, 5.41) is 10.8. The van der Waals surface area contributed by atoms with Crippen molar-refractivity contribution < 1.29 is 23.1 Å². The molecule has 1 aliphatic rings. The van der Waals surface area contributed by atoms with E-state index in [0.29, 0.717) is 26.2 Å². The lowest BCUT2D eigenvalue weighted by molar-refractivity contribution is -0.138. The summed E-state index contributed by atoms with van der Waals surface area (Å²) in [7, 11) is 0. The van der Waals surface area contributed by atoms with Gasteiger partial charge in [0.15, 0.2) is 5.13 Å². The maximum Gasteiger partial charge on any atom is 0.417 e. The van der Waals surface area contributed by atoms with Gasteiger partial charge in [0.2, 0.25) is 0 Å².